The molecule has 0 amide bonds. The summed E-state index contributed by atoms with van der Waals surface area (Å²) in [5.74, 6) is 0. The third-order valence-electron chi connectivity index (χ3n) is 1.85. The van der Waals surface area contributed by atoms with Gasteiger partial charge in [0.05, 0.1) is 0 Å². The van der Waals surface area contributed by atoms with Crippen molar-refractivity contribution in [2.24, 2.45) is 0 Å². The van der Waals surface area contributed by atoms with Crippen molar-refractivity contribution in [2.75, 3.05) is 0 Å². The molecule has 0 saturated carbocycles. The van der Waals surface area contributed by atoms with Crippen molar-refractivity contribution in [3.8, 4) is 0 Å². The zero-order valence-corrected chi connectivity index (χ0v) is 9.58. The Morgan fingerprint density at radius 1 is 1.07 bits per heavy atom. The number of benzene rings is 1. The van der Waals surface area contributed by atoms with Crippen LogP contribution in [0.25, 0.3) is 6.08 Å². The van der Waals surface area contributed by atoms with E-state index in [9.17, 15) is 0 Å². The molecule has 0 N–H and O–H groups in total. The lowest BCUT2D eigenvalue weighted by atomic mass is 10.1. The fourth-order valence-electron chi connectivity index (χ4n) is 1.09. The van der Waals surface area contributed by atoms with E-state index in [0.717, 1.165) is 12.8 Å². The summed E-state index contributed by atoms with van der Waals surface area (Å²) in [6.07, 6.45) is 7.69. The molecular weight excluding hydrogens is 180 g/mol. The van der Waals surface area contributed by atoms with Crippen LogP contribution in [0.3, 0.4) is 0 Å². The molecule has 0 radical (unpaired) electrons. The Morgan fingerprint density at radius 3 is 2.00 bits per heavy atom. The van der Waals surface area contributed by atoms with Crippen molar-refractivity contribution in [1.29, 1.82) is 0 Å². The van der Waals surface area contributed by atoms with Gasteiger partial charge in [-0.2, -0.15) is 0 Å². The Balaban J connectivity index is 0.000000583. The minimum atomic E-state index is 1.05. The van der Waals surface area contributed by atoms with Crippen LogP contribution in [0.2, 0.25) is 0 Å². The maximum absolute atomic E-state index is 3.71. The molecule has 0 nitrogen and oxygen atoms in total. The van der Waals surface area contributed by atoms with E-state index in [0.29, 0.717) is 0 Å². The van der Waals surface area contributed by atoms with Gasteiger partial charge in [0.2, 0.25) is 0 Å². The summed E-state index contributed by atoms with van der Waals surface area (Å²) in [4.78, 5) is 0. The molecular formula is C15H20. The highest BCUT2D eigenvalue weighted by atomic mass is 14.0. The third kappa shape index (κ3) is 6.50. The highest BCUT2D eigenvalue weighted by Crippen LogP contribution is 2.07. The molecule has 0 aliphatic rings. The molecule has 80 valence electrons. The van der Waals surface area contributed by atoms with Gasteiger partial charge in [-0.3, -0.25) is 0 Å². The van der Waals surface area contributed by atoms with Gasteiger partial charge < -0.3 is 0 Å². The highest BCUT2D eigenvalue weighted by molar-refractivity contribution is 5.47. The molecule has 0 saturated heterocycles. The standard InChI is InChI=1S/C12H14.C3H6/c1-3-5-6-12-9-7-11(4-2)8-10-12;1-3-2/h3-4,7-10H,1-2,5-6H2;3H,1H2,2H3. The van der Waals surface area contributed by atoms with E-state index in [2.05, 4.69) is 44.0 Å². The molecule has 0 heteroatoms. The van der Waals surface area contributed by atoms with Gasteiger partial charge >= 0.3 is 0 Å². The monoisotopic (exact) mass is 200 g/mol. The SMILES string of the molecule is C=CC.C=CCCc1ccc(C=C)cc1. The lowest BCUT2D eigenvalue weighted by molar-refractivity contribution is 1.00. The zero-order valence-electron chi connectivity index (χ0n) is 9.58. The summed E-state index contributed by atoms with van der Waals surface area (Å²) < 4.78 is 0. The first-order valence-electron chi connectivity index (χ1n) is 5.17. The van der Waals surface area contributed by atoms with Gasteiger partial charge in [-0.05, 0) is 30.9 Å². The van der Waals surface area contributed by atoms with Crippen molar-refractivity contribution in [3.63, 3.8) is 0 Å². The fraction of sp³-hybridized carbons (Fsp3) is 0.200. The summed E-state index contributed by atoms with van der Waals surface area (Å²) in [7, 11) is 0. The van der Waals surface area contributed by atoms with Gasteiger partial charge in [-0.25, -0.2) is 0 Å². The summed E-state index contributed by atoms with van der Waals surface area (Å²) >= 11 is 0. The minimum Gasteiger partial charge on any atom is -0.103 e. The van der Waals surface area contributed by atoms with Crippen molar-refractivity contribution in [3.05, 3.63) is 67.3 Å². The lowest BCUT2D eigenvalue weighted by Gasteiger charge is -1.98. The first-order chi connectivity index (χ1) is 7.28. The molecule has 0 atom stereocenters. The second-order valence-corrected chi connectivity index (χ2v) is 3.18. The third-order valence-corrected chi connectivity index (χ3v) is 1.85. The fourth-order valence-corrected chi connectivity index (χ4v) is 1.09. The van der Waals surface area contributed by atoms with Crippen LogP contribution in [0.1, 0.15) is 24.5 Å². The van der Waals surface area contributed by atoms with Gasteiger partial charge in [0.25, 0.3) is 0 Å². The van der Waals surface area contributed by atoms with Gasteiger partial charge in [0, 0.05) is 0 Å². The van der Waals surface area contributed by atoms with E-state index in [1.807, 2.05) is 19.1 Å². The van der Waals surface area contributed by atoms with Gasteiger partial charge in [0.1, 0.15) is 0 Å². The van der Waals surface area contributed by atoms with Crippen molar-refractivity contribution >= 4 is 6.08 Å². The summed E-state index contributed by atoms with van der Waals surface area (Å²) in [6, 6.07) is 8.46. The zero-order chi connectivity index (χ0) is 11.5. The highest BCUT2D eigenvalue weighted by Gasteiger charge is 1.90. The summed E-state index contributed by atoms with van der Waals surface area (Å²) in [5.41, 5.74) is 2.54. The number of rotatable bonds is 4. The predicted molar refractivity (Wildman–Crippen MR) is 70.9 cm³/mol. The molecule has 0 aromatic heterocycles. The van der Waals surface area contributed by atoms with E-state index in [1.54, 1.807) is 6.08 Å². The van der Waals surface area contributed by atoms with Crippen molar-refractivity contribution in [2.45, 2.75) is 19.8 Å². The molecule has 1 aromatic rings. The number of hydrogen-bond acceptors (Lipinski definition) is 0. The average molecular weight is 200 g/mol. The van der Waals surface area contributed by atoms with E-state index in [4.69, 9.17) is 0 Å². The maximum Gasteiger partial charge on any atom is -0.0244 e. The van der Waals surface area contributed by atoms with Crippen LogP contribution in [0.4, 0.5) is 0 Å². The summed E-state index contributed by atoms with van der Waals surface area (Å²) in [6.45, 7) is 12.6. The van der Waals surface area contributed by atoms with E-state index < -0.39 is 0 Å². The van der Waals surface area contributed by atoms with Crippen LogP contribution >= 0.6 is 0 Å². The Kier molecular flexibility index (Phi) is 8.08. The van der Waals surface area contributed by atoms with E-state index >= 15 is 0 Å². The van der Waals surface area contributed by atoms with Crippen LogP contribution in [0.15, 0.2) is 56.2 Å². The molecule has 0 bridgehead atoms. The molecule has 15 heavy (non-hydrogen) atoms. The minimum absolute atomic E-state index is 1.05. The van der Waals surface area contributed by atoms with Crippen LogP contribution in [-0.4, -0.2) is 0 Å². The molecule has 0 fully saturated rings. The summed E-state index contributed by atoms with van der Waals surface area (Å²) in [5, 5.41) is 0. The first-order valence-corrected chi connectivity index (χ1v) is 5.17. The maximum atomic E-state index is 3.71. The molecule has 0 aliphatic carbocycles. The van der Waals surface area contributed by atoms with Crippen molar-refractivity contribution < 1.29 is 0 Å². The van der Waals surface area contributed by atoms with E-state index in [1.165, 1.54) is 11.1 Å². The second-order valence-electron chi connectivity index (χ2n) is 3.18. The molecule has 0 aliphatic heterocycles. The molecule has 0 spiro atoms. The number of aryl methyl sites for hydroxylation is 1. The topological polar surface area (TPSA) is 0 Å². The Hall–Kier alpha value is -1.56. The Bertz CT molecular complexity index is 290. The van der Waals surface area contributed by atoms with Gasteiger partial charge in [-0.1, -0.05) is 49.1 Å². The van der Waals surface area contributed by atoms with Crippen LogP contribution < -0.4 is 0 Å². The van der Waals surface area contributed by atoms with Crippen LogP contribution in [-0.2, 0) is 6.42 Å². The van der Waals surface area contributed by atoms with Gasteiger partial charge in [0.15, 0.2) is 0 Å². The normalized spacial score (nSPS) is 8.33. The van der Waals surface area contributed by atoms with Gasteiger partial charge in [-0.15, -0.1) is 13.2 Å². The molecule has 1 rings (SSSR count). The quantitative estimate of drug-likeness (QED) is 0.621. The van der Waals surface area contributed by atoms with Crippen molar-refractivity contribution in [1.82, 2.24) is 0 Å². The molecule has 1 aromatic carbocycles. The number of hydrogen-bond donors (Lipinski definition) is 0. The Labute approximate surface area is 93.7 Å². The lowest BCUT2D eigenvalue weighted by Crippen LogP contribution is -1.82. The molecule has 0 heterocycles. The second kappa shape index (κ2) is 9.01. The Morgan fingerprint density at radius 2 is 1.60 bits per heavy atom. The molecule has 0 unspecified atom stereocenters. The average Bonchev–Trinajstić information content (AvgIpc) is 2.28. The number of allylic oxidation sites excluding steroid dienone is 2. The predicted octanol–water partition coefficient (Wildman–Crippen LogP) is 4.64. The smallest absolute Gasteiger partial charge is 0.0244 e. The van der Waals surface area contributed by atoms with Crippen LogP contribution in [0.5, 0.6) is 0 Å². The van der Waals surface area contributed by atoms with E-state index in [-0.39, 0.29) is 0 Å². The first kappa shape index (κ1) is 13.4. The largest absolute Gasteiger partial charge is 0.103 e. The van der Waals surface area contributed by atoms with Crippen LogP contribution in [0, 0.1) is 0 Å².